The zero-order valence-electron chi connectivity index (χ0n) is 9.76. The van der Waals surface area contributed by atoms with E-state index in [1.807, 2.05) is 11.6 Å². The van der Waals surface area contributed by atoms with E-state index in [4.69, 9.17) is 0 Å². The molecule has 0 fully saturated rings. The first-order valence-corrected chi connectivity index (χ1v) is 5.16. The van der Waals surface area contributed by atoms with Crippen LogP contribution in [0.2, 0.25) is 0 Å². The summed E-state index contributed by atoms with van der Waals surface area (Å²) in [4.78, 5) is 0. The highest BCUT2D eigenvalue weighted by atomic mass is 16.3. The smallest absolute Gasteiger partial charge is 0.159 e. The Morgan fingerprint density at radius 3 is 2.29 bits per heavy atom. The number of aromatic nitrogens is 2. The third-order valence-corrected chi connectivity index (χ3v) is 2.28. The highest BCUT2D eigenvalue weighted by Gasteiger charge is 2.21. The van der Waals surface area contributed by atoms with Crippen molar-refractivity contribution in [2.45, 2.75) is 53.0 Å². The Kier molecular flexibility index (Phi) is 2.88. The third-order valence-electron chi connectivity index (χ3n) is 2.28. The third kappa shape index (κ3) is 1.91. The van der Waals surface area contributed by atoms with Crippen molar-refractivity contribution < 1.29 is 5.11 Å². The molecule has 1 heterocycles. The largest absolute Gasteiger partial charge is 0.504 e. The molecule has 0 saturated heterocycles. The van der Waals surface area contributed by atoms with Crippen molar-refractivity contribution in [2.75, 3.05) is 0 Å². The lowest BCUT2D eigenvalue weighted by Crippen LogP contribution is -2.24. The summed E-state index contributed by atoms with van der Waals surface area (Å²) in [5, 5.41) is 14.3. The molecule has 0 radical (unpaired) electrons. The minimum absolute atomic E-state index is 0.0619. The van der Waals surface area contributed by atoms with Gasteiger partial charge in [0, 0.05) is 0 Å². The van der Waals surface area contributed by atoms with Gasteiger partial charge in [0.1, 0.15) is 5.69 Å². The molecule has 3 heteroatoms. The normalized spacial score (nSPS) is 12.1. The van der Waals surface area contributed by atoms with Crippen LogP contribution in [0.15, 0.2) is 0 Å². The Balaban J connectivity index is 3.15. The average Bonchev–Trinajstić information content (AvgIpc) is 2.32. The van der Waals surface area contributed by atoms with Gasteiger partial charge in [-0.25, -0.2) is 0 Å². The SMILES string of the molecule is CCCc1nn(C(C)(C)C)c(C)c1O. The summed E-state index contributed by atoms with van der Waals surface area (Å²) in [6.45, 7) is 10.3. The van der Waals surface area contributed by atoms with Crippen molar-refractivity contribution in [3.8, 4) is 5.75 Å². The van der Waals surface area contributed by atoms with Crippen LogP contribution in [0.25, 0.3) is 0 Å². The van der Waals surface area contributed by atoms with Gasteiger partial charge in [-0.1, -0.05) is 13.3 Å². The summed E-state index contributed by atoms with van der Waals surface area (Å²) >= 11 is 0. The van der Waals surface area contributed by atoms with Crippen molar-refractivity contribution >= 4 is 0 Å². The van der Waals surface area contributed by atoms with Crippen LogP contribution < -0.4 is 0 Å². The lowest BCUT2D eigenvalue weighted by atomic mass is 10.1. The predicted octanol–water partition coefficient (Wildman–Crippen LogP) is 2.60. The van der Waals surface area contributed by atoms with Gasteiger partial charge < -0.3 is 5.11 Å². The van der Waals surface area contributed by atoms with E-state index in [0.29, 0.717) is 5.75 Å². The van der Waals surface area contributed by atoms with Crippen LogP contribution in [0.5, 0.6) is 5.75 Å². The molecular weight excluding hydrogens is 176 g/mol. The number of nitrogens with zero attached hydrogens (tertiary/aromatic N) is 2. The Morgan fingerprint density at radius 1 is 1.36 bits per heavy atom. The molecule has 1 aromatic heterocycles. The minimum Gasteiger partial charge on any atom is -0.504 e. The van der Waals surface area contributed by atoms with Gasteiger partial charge >= 0.3 is 0 Å². The van der Waals surface area contributed by atoms with Gasteiger partial charge in [0.15, 0.2) is 5.75 Å². The molecule has 0 aromatic carbocycles. The zero-order valence-corrected chi connectivity index (χ0v) is 9.76. The summed E-state index contributed by atoms with van der Waals surface area (Å²) in [6, 6.07) is 0. The molecule has 0 aliphatic carbocycles. The molecule has 0 saturated carbocycles. The maximum atomic E-state index is 9.83. The first kappa shape index (κ1) is 11.1. The maximum Gasteiger partial charge on any atom is 0.159 e. The fourth-order valence-electron chi connectivity index (χ4n) is 1.61. The molecule has 0 spiro atoms. The van der Waals surface area contributed by atoms with Crippen molar-refractivity contribution in [1.82, 2.24) is 9.78 Å². The van der Waals surface area contributed by atoms with E-state index in [-0.39, 0.29) is 5.54 Å². The fraction of sp³-hybridized carbons (Fsp3) is 0.727. The Morgan fingerprint density at radius 2 is 1.93 bits per heavy atom. The van der Waals surface area contributed by atoms with Crippen molar-refractivity contribution in [2.24, 2.45) is 0 Å². The molecule has 1 rings (SSSR count). The topological polar surface area (TPSA) is 38.0 Å². The summed E-state index contributed by atoms with van der Waals surface area (Å²) in [5.41, 5.74) is 1.62. The van der Waals surface area contributed by atoms with Crippen LogP contribution in [0.4, 0.5) is 0 Å². The summed E-state index contributed by atoms with van der Waals surface area (Å²) in [6.07, 6.45) is 1.85. The Hall–Kier alpha value is -0.990. The lowest BCUT2D eigenvalue weighted by Gasteiger charge is -2.20. The van der Waals surface area contributed by atoms with E-state index in [1.165, 1.54) is 0 Å². The fourth-order valence-corrected chi connectivity index (χ4v) is 1.61. The molecule has 0 bridgehead atoms. The van der Waals surface area contributed by atoms with Gasteiger partial charge in [0.25, 0.3) is 0 Å². The molecule has 0 atom stereocenters. The standard InChI is InChI=1S/C11H20N2O/c1-6-7-9-10(14)8(2)13(12-9)11(3,4)5/h14H,6-7H2,1-5H3. The van der Waals surface area contributed by atoms with Crippen LogP contribution in [-0.4, -0.2) is 14.9 Å². The maximum absolute atomic E-state index is 9.83. The number of rotatable bonds is 2. The van der Waals surface area contributed by atoms with Gasteiger partial charge in [-0.05, 0) is 34.1 Å². The molecule has 3 nitrogen and oxygen atoms in total. The average molecular weight is 196 g/mol. The van der Waals surface area contributed by atoms with E-state index < -0.39 is 0 Å². The van der Waals surface area contributed by atoms with Crippen molar-refractivity contribution in [1.29, 1.82) is 0 Å². The molecule has 80 valence electrons. The summed E-state index contributed by atoms with van der Waals surface area (Å²) < 4.78 is 1.90. The number of hydrogen-bond acceptors (Lipinski definition) is 2. The van der Waals surface area contributed by atoms with E-state index >= 15 is 0 Å². The lowest BCUT2D eigenvalue weighted by molar-refractivity contribution is 0.343. The summed E-state index contributed by atoms with van der Waals surface area (Å²) in [5.74, 6) is 0.363. The van der Waals surface area contributed by atoms with Crippen molar-refractivity contribution in [3.63, 3.8) is 0 Å². The molecule has 0 aliphatic heterocycles. The minimum atomic E-state index is -0.0619. The second kappa shape index (κ2) is 3.64. The highest BCUT2D eigenvalue weighted by Crippen LogP contribution is 2.27. The van der Waals surface area contributed by atoms with Gasteiger partial charge in [0.05, 0.1) is 11.2 Å². The van der Waals surface area contributed by atoms with Crippen LogP contribution in [0.1, 0.15) is 45.5 Å². The molecule has 1 aromatic rings. The number of aromatic hydroxyl groups is 1. The van der Waals surface area contributed by atoms with Crippen LogP contribution in [0, 0.1) is 6.92 Å². The predicted molar refractivity (Wildman–Crippen MR) is 57.6 cm³/mol. The van der Waals surface area contributed by atoms with Crippen LogP contribution in [-0.2, 0) is 12.0 Å². The second-order valence-corrected chi connectivity index (χ2v) is 4.71. The second-order valence-electron chi connectivity index (χ2n) is 4.71. The Labute approximate surface area is 85.8 Å². The van der Waals surface area contributed by atoms with E-state index in [1.54, 1.807) is 0 Å². The molecule has 0 amide bonds. The van der Waals surface area contributed by atoms with Gasteiger partial charge in [-0.3, -0.25) is 4.68 Å². The van der Waals surface area contributed by atoms with E-state index in [0.717, 1.165) is 24.2 Å². The first-order chi connectivity index (χ1) is 6.38. The zero-order chi connectivity index (χ0) is 10.9. The molecule has 1 N–H and O–H groups in total. The number of aryl methyl sites for hydroxylation is 1. The number of hydrogen-bond donors (Lipinski definition) is 1. The molecular formula is C11H20N2O. The van der Waals surface area contributed by atoms with Crippen LogP contribution >= 0.6 is 0 Å². The van der Waals surface area contributed by atoms with Gasteiger partial charge in [-0.15, -0.1) is 0 Å². The molecule has 14 heavy (non-hydrogen) atoms. The first-order valence-electron chi connectivity index (χ1n) is 5.16. The van der Waals surface area contributed by atoms with E-state index in [9.17, 15) is 5.11 Å². The Bertz CT molecular complexity index is 321. The quantitative estimate of drug-likeness (QED) is 0.789. The monoisotopic (exact) mass is 196 g/mol. The highest BCUT2D eigenvalue weighted by molar-refractivity contribution is 5.32. The molecule has 0 unspecified atom stereocenters. The van der Waals surface area contributed by atoms with Gasteiger partial charge in [0.2, 0.25) is 0 Å². The summed E-state index contributed by atoms with van der Waals surface area (Å²) in [7, 11) is 0. The van der Waals surface area contributed by atoms with E-state index in [2.05, 4.69) is 32.8 Å². The van der Waals surface area contributed by atoms with Crippen molar-refractivity contribution in [3.05, 3.63) is 11.4 Å². The van der Waals surface area contributed by atoms with Gasteiger partial charge in [-0.2, -0.15) is 5.10 Å². The molecule has 0 aliphatic rings. The van der Waals surface area contributed by atoms with Crippen LogP contribution in [0.3, 0.4) is 0 Å².